The Balaban J connectivity index is 2.23. The van der Waals surface area contributed by atoms with Crippen LogP contribution in [-0.2, 0) is 14.3 Å². The van der Waals surface area contributed by atoms with Gasteiger partial charge in [-0.3, -0.25) is 4.79 Å². The van der Waals surface area contributed by atoms with E-state index in [9.17, 15) is 9.90 Å². The smallest absolute Gasteiger partial charge is 0.314 e. The maximum Gasteiger partial charge on any atom is 0.314 e. The fourth-order valence-corrected chi connectivity index (χ4v) is 3.13. The molecule has 0 radical (unpaired) electrons. The van der Waals surface area contributed by atoms with E-state index in [1.807, 2.05) is 19.1 Å². The van der Waals surface area contributed by atoms with Crippen molar-refractivity contribution in [2.45, 2.75) is 42.2 Å². The Bertz CT molecular complexity index is 317. The summed E-state index contributed by atoms with van der Waals surface area (Å²) in [5.41, 5.74) is 0. The Hall–Kier alpha value is -0.140. The van der Waals surface area contributed by atoms with Crippen LogP contribution >= 0.6 is 22.6 Å². The maximum absolute atomic E-state index is 11.6. The molecule has 16 heavy (non-hydrogen) atoms. The second-order valence-electron chi connectivity index (χ2n) is 4.19. The fourth-order valence-electron chi connectivity index (χ4n) is 2.27. The number of alkyl halides is 1. The van der Waals surface area contributed by atoms with E-state index in [0.29, 0.717) is 0 Å². The molecule has 0 unspecified atom stereocenters. The van der Waals surface area contributed by atoms with Crippen LogP contribution in [0, 0.1) is 5.92 Å². The van der Waals surface area contributed by atoms with Crippen molar-refractivity contribution in [1.82, 2.24) is 0 Å². The summed E-state index contributed by atoms with van der Waals surface area (Å²) in [6.07, 6.45) is 2.35. The van der Waals surface area contributed by atoms with Gasteiger partial charge >= 0.3 is 5.97 Å². The number of aliphatic hydroxyl groups excluding tert-OH is 1. The molecule has 0 aromatic heterocycles. The molecule has 6 atom stereocenters. The minimum atomic E-state index is -0.696. The zero-order valence-corrected chi connectivity index (χ0v) is 11.3. The number of ether oxygens (including phenoxy) is 2. The van der Waals surface area contributed by atoms with Crippen molar-refractivity contribution in [3.8, 4) is 0 Å². The predicted octanol–water partition coefficient (Wildman–Crippen LogP) is 1.06. The molecular weight excluding hydrogens is 323 g/mol. The van der Waals surface area contributed by atoms with Crippen LogP contribution < -0.4 is 0 Å². The van der Waals surface area contributed by atoms with Gasteiger partial charge in [0.15, 0.2) is 0 Å². The lowest BCUT2D eigenvalue weighted by atomic mass is 9.88. The van der Waals surface area contributed by atoms with Crippen LogP contribution in [0.1, 0.15) is 13.8 Å². The minimum Gasteiger partial charge on any atom is -0.460 e. The first-order valence-electron chi connectivity index (χ1n) is 5.37. The number of halogens is 1. The van der Waals surface area contributed by atoms with Gasteiger partial charge in [-0.05, 0) is 13.8 Å². The molecular formula is C11H15IO4. The van der Waals surface area contributed by atoms with Crippen LogP contribution in [0.25, 0.3) is 0 Å². The Morgan fingerprint density at radius 2 is 2.19 bits per heavy atom. The van der Waals surface area contributed by atoms with Crippen molar-refractivity contribution in [1.29, 1.82) is 0 Å². The van der Waals surface area contributed by atoms with Gasteiger partial charge in [-0.2, -0.15) is 0 Å². The van der Waals surface area contributed by atoms with Crippen molar-refractivity contribution in [2.75, 3.05) is 0 Å². The number of allylic oxidation sites excluding steroid dienone is 1. The van der Waals surface area contributed by atoms with Crippen LogP contribution in [0.15, 0.2) is 12.2 Å². The van der Waals surface area contributed by atoms with Crippen molar-refractivity contribution in [3.63, 3.8) is 0 Å². The van der Waals surface area contributed by atoms with E-state index in [4.69, 9.17) is 9.47 Å². The van der Waals surface area contributed by atoms with E-state index in [-0.39, 0.29) is 28.2 Å². The van der Waals surface area contributed by atoms with E-state index in [1.54, 1.807) is 6.92 Å². The first kappa shape index (κ1) is 12.3. The molecule has 1 N–H and O–H groups in total. The van der Waals surface area contributed by atoms with E-state index in [0.717, 1.165) is 0 Å². The van der Waals surface area contributed by atoms with Gasteiger partial charge < -0.3 is 14.6 Å². The third-order valence-electron chi connectivity index (χ3n) is 3.10. The van der Waals surface area contributed by atoms with Crippen LogP contribution in [0.3, 0.4) is 0 Å². The number of carbonyl (C=O) groups excluding carboxylic acids is 1. The van der Waals surface area contributed by atoms with Gasteiger partial charge in [-0.1, -0.05) is 34.7 Å². The summed E-state index contributed by atoms with van der Waals surface area (Å²) in [5.74, 6) is -0.871. The number of rotatable bonds is 1. The molecule has 0 aliphatic carbocycles. The van der Waals surface area contributed by atoms with Gasteiger partial charge in [-0.15, -0.1) is 0 Å². The number of fused-ring (bicyclic) bond motifs is 1. The second kappa shape index (κ2) is 4.62. The highest BCUT2D eigenvalue weighted by molar-refractivity contribution is 14.1. The number of esters is 1. The third-order valence-corrected chi connectivity index (χ3v) is 4.54. The maximum atomic E-state index is 11.6. The minimum absolute atomic E-state index is 0.118. The highest BCUT2D eigenvalue weighted by Gasteiger charge is 2.54. The van der Waals surface area contributed by atoms with Gasteiger partial charge in [0.25, 0.3) is 0 Å². The van der Waals surface area contributed by atoms with Gasteiger partial charge in [0.2, 0.25) is 0 Å². The Morgan fingerprint density at radius 3 is 2.81 bits per heavy atom. The standard InChI is InChI=1S/C11H15IO4/c1-3-4-6-8(12)9(13)7-10(16-6)5(2)15-11(7)14/h3-10,13H,1-2H3/b4-3+/t5-,6-,7-,8-,9+,10+/m0/s1. The molecule has 0 spiro atoms. The number of aliphatic hydroxyl groups is 1. The SMILES string of the molecule is C/C=C/[C@@H]1O[C@H]2[C@@H](C(=O)O[C@H]2C)[C@@H](O)[C@H]1I. The molecule has 0 bridgehead atoms. The van der Waals surface area contributed by atoms with E-state index < -0.39 is 12.0 Å². The number of hydrogen-bond acceptors (Lipinski definition) is 4. The van der Waals surface area contributed by atoms with Crippen LogP contribution in [0.4, 0.5) is 0 Å². The quantitative estimate of drug-likeness (QED) is 0.336. The van der Waals surface area contributed by atoms with Gasteiger partial charge in [0.1, 0.15) is 18.1 Å². The van der Waals surface area contributed by atoms with E-state index in [2.05, 4.69) is 22.6 Å². The summed E-state index contributed by atoms with van der Waals surface area (Å²) < 4.78 is 10.8. The largest absolute Gasteiger partial charge is 0.460 e. The monoisotopic (exact) mass is 338 g/mol. The third kappa shape index (κ3) is 1.89. The molecule has 90 valence electrons. The van der Waals surface area contributed by atoms with Crippen LogP contribution in [0.5, 0.6) is 0 Å². The van der Waals surface area contributed by atoms with Gasteiger partial charge in [0.05, 0.1) is 16.1 Å². The van der Waals surface area contributed by atoms with Crippen molar-refractivity contribution >= 4 is 28.6 Å². The number of cyclic esters (lactones) is 1. The Morgan fingerprint density at radius 1 is 1.50 bits per heavy atom. The average molecular weight is 338 g/mol. The molecule has 5 heteroatoms. The number of hydrogen-bond donors (Lipinski definition) is 1. The summed E-state index contributed by atoms with van der Waals surface area (Å²) in [6.45, 7) is 3.71. The highest BCUT2D eigenvalue weighted by Crippen LogP contribution is 2.38. The van der Waals surface area contributed by atoms with Crippen LogP contribution in [-0.4, -0.2) is 39.4 Å². The lowest BCUT2D eigenvalue weighted by Crippen LogP contribution is -2.52. The molecule has 0 aromatic carbocycles. The molecule has 2 aliphatic rings. The molecule has 2 rings (SSSR count). The van der Waals surface area contributed by atoms with Crippen LogP contribution in [0.2, 0.25) is 0 Å². The topological polar surface area (TPSA) is 55.8 Å². The Labute approximate surface area is 108 Å². The lowest BCUT2D eigenvalue weighted by molar-refractivity contribution is -0.148. The predicted molar refractivity (Wildman–Crippen MR) is 66.3 cm³/mol. The summed E-state index contributed by atoms with van der Waals surface area (Å²) in [4.78, 5) is 11.6. The lowest BCUT2D eigenvalue weighted by Gasteiger charge is -2.37. The molecule has 2 saturated heterocycles. The van der Waals surface area contributed by atoms with E-state index >= 15 is 0 Å². The second-order valence-corrected chi connectivity index (χ2v) is 5.63. The van der Waals surface area contributed by atoms with E-state index in [1.165, 1.54) is 0 Å². The molecule has 2 heterocycles. The zero-order chi connectivity index (χ0) is 11.9. The molecule has 2 fully saturated rings. The first-order valence-corrected chi connectivity index (χ1v) is 6.61. The average Bonchev–Trinajstić information content (AvgIpc) is 2.50. The summed E-state index contributed by atoms with van der Waals surface area (Å²) in [7, 11) is 0. The first-order chi connectivity index (χ1) is 7.56. The summed E-state index contributed by atoms with van der Waals surface area (Å²) in [6, 6.07) is 0. The number of carbonyl (C=O) groups is 1. The molecule has 0 saturated carbocycles. The fraction of sp³-hybridized carbons (Fsp3) is 0.727. The molecule has 4 nitrogen and oxygen atoms in total. The highest BCUT2D eigenvalue weighted by atomic mass is 127. The Kier molecular flexibility index (Phi) is 3.56. The van der Waals surface area contributed by atoms with Gasteiger partial charge in [0, 0.05) is 0 Å². The summed E-state index contributed by atoms with van der Waals surface area (Å²) >= 11 is 2.13. The normalized spacial score (nSPS) is 48.1. The molecule has 2 aliphatic heterocycles. The van der Waals surface area contributed by atoms with Gasteiger partial charge in [-0.25, -0.2) is 0 Å². The van der Waals surface area contributed by atoms with Crippen molar-refractivity contribution < 1.29 is 19.4 Å². The molecule has 0 amide bonds. The zero-order valence-electron chi connectivity index (χ0n) is 9.17. The summed E-state index contributed by atoms with van der Waals surface area (Å²) in [5, 5.41) is 10.1. The van der Waals surface area contributed by atoms with Crippen molar-refractivity contribution in [2.24, 2.45) is 5.92 Å². The van der Waals surface area contributed by atoms with Crippen molar-refractivity contribution in [3.05, 3.63) is 12.2 Å². The molecule has 0 aromatic rings.